The molecule has 1 atom stereocenters. The van der Waals surface area contributed by atoms with Crippen LogP contribution in [0.2, 0.25) is 0 Å². The van der Waals surface area contributed by atoms with Crippen LogP contribution in [0, 0.1) is 0 Å². The van der Waals surface area contributed by atoms with E-state index < -0.39 is 17.8 Å². The molecule has 58 valence electrons. The molecule has 0 aromatic carbocycles. The lowest BCUT2D eigenvalue weighted by Gasteiger charge is -2.19. The lowest BCUT2D eigenvalue weighted by atomic mass is 10.1. The van der Waals surface area contributed by atoms with Crippen LogP contribution < -0.4 is 0 Å². The monoisotopic (exact) mass is 153 g/mol. The lowest BCUT2D eigenvalue weighted by molar-refractivity contribution is -0.141. The van der Waals surface area contributed by atoms with E-state index in [-0.39, 0.29) is 0 Å². The summed E-state index contributed by atoms with van der Waals surface area (Å²) in [5, 5.41) is 8.58. The summed E-state index contributed by atoms with van der Waals surface area (Å²) in [6, 6.07) is -0.701. The van der Waals surface area contributed by atoms with E-state index in [1.54, 1.807) is 0 Å². The van der Waals surface area contributed by atoms with Crippen LogP contribution in [0.4, 0.5) is 4.79 Å². The minimum Gasteiger partial charge on any atom is -0.480 e. The van der Waals surface area contributed by atoms with Gasteiger partial charge in [0.2, 0.25) is 7.85 Å². The van der Waals surface area contributed by atoms with Crippen molar-refractivity contribution in [3.63, 3.8) is 0 Å². The Balaban J connectivity index is 2.65. The number of rotatable bonds is 1. The summed E-state index contributed by atoms with van der Waals surface area (Å²) in [5.74, 6) is -1.61. The van der Waals surface area contributed by atoms with Crippen molar-refractivity contribution < 1.29 is 14.7 Å². The Hall–Kier alpha value is -0.995. The Morgan fingerprint density at radius 2 is 2.18 bits per heavy atom. The number of carboxylic acid groups (broad SMARTS) is 1. The zero-order valence-electron chi connectivity index (χ0n) is 5.99. The van der Waals surface area contributed by atoms with E-state index in [0.29, 0.717) is 13.0 Å². The number of amides is 1. The molecule has 0 aliphatic carbocycles. The molecule has 1 fully saturated rings. The van der Waals surface area contributed by atoms with Gasteiger partial charge in [-0.05, 0) is 12.8 Å². The van der Waals surface area contributed by atoms with Crippen LogP contribution in [0.25, 0.3) is 0 Å². The summed E-state index contributed by atoms with van der Waals surface area (Å²) >= 11 is 0. The Labute approximate surface area is 65.6 Å². The average molecular weight is 153 g/mol. The summed E-state index contributed by atoms with van der Waals surface area (Å²) in [7, 11) is 4.95. The zero-order chi connectivity index (χ0) is 8.43. The third kappa shape index (κ3) is 1.53. The third-order valence-electron chi connectivity index (χ3n) is 1.82. The number of carbonyl (C=O) groups is 2. The van der Waals surface area contributed by atoms with E-state index in [1.165, 1.54) is 4.90 Å². The largest absolute Gasteiger partial charge is 0.480 e. The highest BCUT2D eigenvalue weighted by molar-refractivity contribution is 6.57. The molecule has 1 saturated heterocycles. The van der Waals surface area contributed by atoms with Gasteiger partial charge in [-0.15, -0.1) is 0 Å². The van der Waals surface area contributed by atoms with Crippen LogP contribution in [-0.2, 0) is 4.79 Å². The second kappa shape index (κ2) is 2.94. The molecule has 1 aliphatic heterocycles. The first kappa shape index (κ1) is 8.10. The fourth-order valence-corrected chi connectivity index (χ4v) is 1.29. The van der Waals surface area contributed by atoms with Crippen LogP contribution in [-0.4, -0.2) is 42.2 Å². The van der Waals surface area contributed by atoms with E-state index >= 15 is 0 Å². The summed E-state index contributed by atoms with van der Waals surface area (Å²) in [6.07, 6.45) is 1.23. The number of carbonyl (C=O) groups excluding carboxylic acids is 1. The molecule has 0 saturated carbocycles. The lowest BCUT2D eigenvalue weighted by Crippen LogP contribution is -2.39. The summed E-state index contributed by atoms with van der Waals surface area (Å²) < 4.78 is 0. The number of hydrogen-bond acceptors (Lipinski definition) is 2. The van der Waals surface area contributed by atoms with Crippen molar-refractivity contribution in [3.8, 4) is 0 Å². The Morgan fingerprint density at radius 3 is 2.55 bits per heavy atom. The van der Waals surface area contributed by atoms with Gasteiger partial charge in [0.25, 0.3) is 0 Å². The van der Waals surface area contributed by atoms with Gasteiger partial charge in [-0.2, -0.15) is 0 Å². The number of carboxylic acids is 1. The average Bonchev–Trinajstić information content (AvgIpc) is 2.32. The summed E-state index contributed by atoms with van der Waals surface area (Å²) in [5.41, 5.74) is 0. The third-order valence-corrected chi connectivity index (χ3v) is 1.82. The van der Waals surface area contributed by atoms with Gasteiger partial charge in [0.05, 0.1) is 0 Å². The van der Waals surface area contributed by atoms with Crippen molar-refractivity contribution >= 4 is 19.6 Å². The van der Waals surface area contributed by atoms with Crippen molar-refractivity contribution in [1.82, 2.24) is 4.90 Å². The van der Waals surface area contributed by atoms with Crippen molar-refractivity contribution in [3.05, 3.63) is 0 Å². The molecule has 0 spiro atoms. The normalized spacial score (nSPS) is 23.6. The first-order valence-electron chi connectivity index (χ1n) is 3.42. The topological polar surface area (TPSA) is 57.6 Å². The quantitative estimate of drug-likeness (QED) is 0.531. The van der Waals surface area contributed by atoms with E-state index in [0.717, 1.165) is 6.42 Å². The second-order valence-corrected chi connectivity index (χ2v) is 2.53. The Bertz CT molecular complexity index is 174. The standard InChI is InChI=1S/C6H8BNO3/c7-6(11)8-3-1-2-4(8)5(9)10/h4H,1-3H2,(H,9,10)/t4-/m0/s1. The van der Waals surface area contributed by atoms with Crippen LogP contribution in [0.5, 0.6) is 0 Å². The van der Waals surface area contributed by atoms with Gasteiger partial charge in [-0.1, -0.05) is 0 Å². The van der Waals surface area contributed by atoms with Gasteiger partial charge in [0.15, 0.2) is 5.81 Å². The molecule has 1 rings (SSSR count). The van der Waals surface area contributed by atoms with E-state index in [1.807, 2.05) is 0 Å². The molecule has 1 amide bonds. The van der Waals surface area contributed by atoms with Gasteiger partial charge in [-0.25, -0.2) is 4.79 Å². The maximum absolute atomic E-state index is 10.6. The molecule has 1 heterocycles. The second-order valence-electron chi connectivity index (χ2n) is 2.53. The van der Waals surface area contributed by atoms with Crippen molar-refractivity contribution in [1.29, 1.82) is 0 Å². The maximum Gasteiger partial charge on any atom is 0.326 e. The molecule has 2 radical (unpaired) electrons. The van der Waals surface area contributed by atoms with E-state index in [4.69, 9.17) is 13.0 Å². The van der Waals surface area contributed by atoms with Gasteiger partial charge in [0.1, 0.15) is 6.04 Å². The number of aliphatic carboxylic acids is 1. The van der Waals surface area contributed by atoms with Gasteiger partial charge in [0, 0.05) is 6.54 Å². The van der Waals surface area contributed by atoms with E-state index in [2.05, 4.69) is 0 Å². The van der Waals surface area contributed by atoms with Crippen molar-refractivity contribution in [2.24, 2.45) is 0 Å². The summed E-state index contributed by atoms with van der Waals surface area (Å²) in [6.45, 7) is 0.465. The molecule has 1 N–H and O–H groups in total. The Kier molecular flexibility index (Phi) is 2.17. The highest BCUT2D eigenvalue weighted by Gasteiger charge is 2.31. The van der Waals surface area contributed by atoms with Crippen LogP contribution in [0.15, 0.2) is 0 Å². The predicted octanol–water partition coefficient (Wildman–Crippen LogP) is -0.176. The van der Waals surface area contributed by atoms with Crippen LogP contribution >= 0.6 is 0 Å². The molecule has 0 aromatic heterocycles. The molecule has 4 nitrogen and oxygen atoms in total. The first-order chi connectivity index (χ1) is 5.13. The fraction of sp³-hybridized carbons (Fsp3) is 0.667. The number of nitrogens with zero attached hydrogens (tertiary/aromatic N) is 1. The smallest absolute Gasteiger partial charge is 0.326 e. The predicted molar refractivity (Wildman–Crippen MR) is 38.5 cm³/mol. The number of likely N-dealkylation sites (tertiary alicyclic amines) is 1. The molecule has 0 unspecified atom stereocenters. The molecule has 0 bridgehead atoms. The molecular weight excluding hydrogens is 145 g/mol. The van der Waals surface area contributed by atoms with Crippen LogP contribution in [0.1, 0.15) is 12.8 Å². The van der Waals surface area contributed by atoms with E-state index in [9.17, 15) is 9.59 Å². The van der Waals surface area contributed by atoms with Gasteiger partial charge < -0.3 is 10.0 Å². The SMILES string of the molecule is [B]C(=O)N1CCC[C@H]1C(=O)O. The minimum atomic E-state index is -0.971. The highest BCUT2D eigenvalue weighted by Crippen LogP contribution is 2.16. The van der Waals surface area contributed by atoms with Gasteiger partial charge >= 0.3 is 5.97 Å². The fourth-order valence-electron chi connectivity index (χ4n) is 1.29. The summed E-state index contributed by atoms with van der Waals surface area (Å²) in [4.78, 5) is 22.3. The molecule has 5 heteroatoms. The van der Waals surface area contributed by atoms with Gasteiger partial charge in [-0.3, -0.25) is 4.79 Å². The zero-order valence-corrected chi connectivity index (χ0v) is 5.99. The Morgan fingerprint density at radius 1 is 1.55 bits per heavy atom. The first-order valence-corrected chi connectivity index (χ1v) is 3.42. The highest BCUT2D eigenvalue weighted by atomic mass is 16.4. The molecular formula is C6H8BNO3. The molecule has 11 heavy (non-hydrogen) atoms. The van der Waals surface area contributed by atoms with Crippen LogP contribution in [0.3, 0.4) is 0 Å². The minimum absolute atomic E-state index is 0.465. The van der Waals surface area contributed by atoms with Crippen molar-refractivity contribution in [2.45, 2.75) is 18.9 Å². The molecule has 1 aliphatic rings. The number of hydrogen-bond donors (Lipinski definition) is 1. The van der Waals surface area contributed by atoms with Crippen molar-refractivity contribution in [2.75, 3.05) is 6.54 Å². The molecule has 0 aromatic rings. The maximum atomic E-state index is 10.6.